The average Bonchev–Trinajstić information content (AvgIpc) is 2.50. The topological polar surface area (TPSA) is 97.7 Å². The highest BCUT2D eigenvalue weighted by Gasteiger charge is 2.26. The zero-order valence-corrected chi connectivity index (χ0v) is 14.9. The van der Waals surface area contributed by atoms with Crippen molar-refractivity contribution in [3.05, 3.63) is 12.2 Å². The normalized spacial score (nSPS) is 13.9. The molecule has 0 radical (unpaired) electrons. The van der Waals surface area contributed by atoms with Crippen LogP contribution in [0.3, 0.4) is 0 Å². The first-order valence-corrected chi connectivity index (χ1v) is 8.98. The molecule has 2 N–H and O–H groups in total. The molecule has 6 heteroatoms. The first kappa shape index (κ1) is 22.6. The van der Waals surface area contributed by atoms with Crippen molar-refractivity contribution in [2.24, 2.45) is 0 Å². The largest absolute Gasteiger partial charge is 0.550 e. The van der Waals surface area contributed by atoms with Crippen LogP contribution in [0.1, 0.15) is 58.3 Å². The minimum atomic E-state index is -1.06. The minimum absolute atomic E-state index is 0.00357. The summed E-state index contributed by atoms with van der Waals surface area (Å²) in [6, 6.07) is 0. The first-order valence-electron chi connectivity index (χ1n) is 8.98. The molecule has 0 aromatic rings. The smallest absolute Gasteiger partial charge is 0.303 e. The molecule has 1 unspecified atom stereocenters. The van der Waals surface area contributed by atoms with E-state index in [0.29, 0.717) is 37.0 Å². The average molecular weight is 343 g/mol. The summed E-state index contributed by atoms with van der Waals surface area (Å²) in [5.74, 6) is -1.89. The number of aliphatic hydroxyl groups excluding tert-OH is 1. The van der Waals surface area contributed by atoms with E-state index >= 15 is 0 Å². The summed E-state index contributed by atoms with van der Waals surface area (Å²) in [4.78, 5) is 21.4. The number of allylic oxidation sites excluding steroid dienone is 2. The molecule has 0 saturated carbocycles. The lowest BCUT2D eigenvalue weighted by molar-refractivity contribution is -0.929. The van der Waals surface area contributed by atoms with Gasteiger partial charge in [0, 0.05) is 18.8 Å². The molecule has 0 aliphatic rings. The molecule has 6 nitrogen and oxygen atoms in total. The quantitative estimate of drug-likeness (QED) is 0.250. The molecule has 0 spiro atoms. The molecular formula is C18H33NO5. The Morgan fingerprint density at radius 2 is 1.58 bits per heavy atom. The van der Waals surface area contributed by atoms with Crippen LogP contribution in [0.5, 0.6) is 0 Å². The van der Waals surface area contributed by atoms with Crippen LogP contribution in [0.4, 0.5) is 0 Å². The summed E-state index contributed by atoms with van der Waals surface area (Å²) >= 11 is 0. The zero-order valence-electron chi connectivity index (χ0n) is 14.9. The number of aliphatic hydroxyl groups is 1. The molecule has 0 rings (SSSR count). The van der Waals surface area contributed by atoms with Crippen molar-refractivity contribution in [1.82, 2.24) is 0 Å². The van der Waals surface area contributed by atoms with Crippen molar-refractivity contribution in [1.29, 1.82) is 0 Å². The van der Waals surface area contributed by atoms with Crippen LogP contribution in [0, 0.1) is 0 Å². The second-order valence-electron chi connectivity index (χ2n) is 6.31. The van der Waals surface area contributed by atoms with E-state index in [1.165, 1.54) is 0 Å². The molecular weight excluding hydrogens is 310 g/mol. The fourth-order valence-corrected chi connectivity index (χ4v) is 3.00. The summed E-state index contributed by atoms with van der Waals surface area (Å²) < 4.78 is 0.592. The monoisotopic (exact) mass is 343 g/mol. The van der Waals surface area contributed by atoms with Crippen molar-refractivity contribution in [3.8, 4) is 0 Å². The van der Waals surface area contributed by atoms with Gasteiger partial charge in [-0.3, -0.25) is 4.79 Å². The Morgan fingerprint density at radius 1 is 0.958 bits per heavy atom. The predicted octanol–water partition coefficient (Wildman–Crippen LogP) is 1.33. The highest BCUT2D eigenvalue weighted by atomic mass is 16.4. The number of rotatable bonds is 16. The second-order valence-corrected chi connectivity index (χ2v) is 6.31. The van der Waals surface area contributed by atoms with Gasteiger partial charge in [-0.25, -0.2) is 0 Å². The van der Waals surface area contributed by atoms with Crippen LogP contribution in [-0.2, 0) is 9.59 Å². The van der Waals surface area contributed by atoms with Gasteiger partial charge in [0.15, 0.2) is 0 Å². The number of carbonyl (C=O) groups is 2. The fraction of sp³-hybridized carbons (Fsp3) is 0.778. The van der Waals surface area contributed by atoms with Crippen LogP contribution < -0.4 is 5.11 Å². The second kappa shape index (κ2) is 14.0. The van der Waals surface area contributed by atoms with Gasteiger partial charge < -0.3 is 24.6 Å². The van der Waals surface area contributed by atoms with E-state index in [2.05, 4.69) is 19.1 Å². The van der Waals surface area contributed by atoms with E-state index < -0.39 is 11.9 Å². The van der Waals surface area contributed by atoms with E-state index in [1.54, 1.807) is 0 Å². The van der Waals surface area contributed by atoms with Gasteiger partial charge in [0.2, 0.25) is 0 Å². The summed E-state index contributed by atoms with van der Waals surface area (Å²) in [6.45, 7) is 4.79. The number of aliphatic carboxylic acids is 2. The van der Waals surface area contributed by atoms with Gasteiger partial charge in [0.1, 0.15) is 6.54 Å². The third kappa shape index (κ3) is 12.1. The lowest BCUT2D eigenvalue weighted by Gasteiger charge is -2.39. The van der Waals surface area contributed by atoms with Crippen molar-refractivity contribution in [3.63, 3.8) is 0 Å². The third-order valence-electron chi connectivity index (χ3n) is 4.27. The zero-order chi connectivity index (χ0) is 18.3. The predicted molar refractivity (Wildman–Crippen MR) is 91.2 cm³/mol. The standard InChI is InChI=1S/C18H33NO5/c1-2-3-4-5-6-7-12-19(15-16-20,13-8-10-17(21)22)14-9-11-18(23)24/h3-4,20H,2,5-16H2,1H3,(H-,21,22,23,24)/b4-3+. The Labute approximate surface area is 145 Å². The summed E-state index contributed by atoms with van der Waals surface area (Å²) in [5, 5.41) is 28.9. The number of carbonyl (C=O) groups excluding carboxylic acids is 1. The van der Waals surface area contributed by atoms with E-state index in [9.17, 15) is 19.8 Å². The molecule has 0 aliphatic carbocycles. The maximum atomic E-state index is 10.8. The van der Waals surface area contributed by atoms with Crippen LogP contribution in [0.25, 0.3) is 0 Å². The molecule has 0 aromatic carbocycles. The third-order valence-corrected chi connectivity index (χ3v) is 4.27. The van der Waals surface area contributed by atoms with Crippen LogP contribution in [0.2, 0.25) is 0 Å². The van der Waals surface area contributed by atoms with Crippen molar-refractivity contribution in [2.75, 3.05) is 32.8 Å². The number of hydrogen-bond acceptors (Lipinski definition) is 4. The molecule has 0 bridgehead atoms. The van der Waals surface area contributed by atoms with Gasteiger partial charge in [-0.05, 0) is 32.1 Å². The maximum Gasteiger partial charge on any atom is 0.303 e. The molecule has 140 valence electrons. The Hall–Kier alpha value is -1.40. The number of hydrogen-bond donors (Lipinski definition) is 2. The van der Waals surface area contributed by atoms with E-state index in [1.807, 2.05) is 0 Å². The molecule has 0 aromatic heterocycles. The molecule has 0 saturated heterocycles. The van der Waals surface area contributed by atoms with E-state index in [-0.39, 0.29) is 19.4 Å². The van der Waals surface area contributed by atoms with Gasteiger partial charge in [-0.1, -0.05) is 19.1 Å². The van der Waals surface area contributed by atoms with E-state index in [0.717, 1.165) is 32.2 Å². The van der Waals surface area contributed by atoms with Gasteiger partial charge in [-0.15, -0.1) is 0 Å². The SMILES string of the molecule is CC/C=C/CCCC[N+](CCO)(CCCC(=O)[O-])CCCC(=O)O. The number of carboxylic acid groups (broad SMARTS) is 2. The number of quaternary nitrogens is 1. The van der Waals surface area contributed by atoms with Crippen molar-refractivity contribution >= 4 is 11.9 Å². The molecule has 0 fully saturated rings. The summed E-state index contributed by atoms with van der Waals surface area (Å²) in [7, 11) is 0. The first-order chi connectivity index (χ1) is 11.5. The Balaban J connectivity index is 4.60. The number of nitrogens with zero attached hydrogens (tertiary/aromatic N) is 1. The van der Waals surface area contributed by atoms with Crippen molar-refractivity contribution in [2.45, 2.75) is 58.3 Å². The van der Waals surface area contributed by atoms with Gasteiger partial charge in [0.05, 0.1) is 32.7 Å². The Bertz CT molecular complexity index is 362. The summed E-state index contributed by atoms with van der Waals surface area (Å²) in [5.41, 5.74) is 0. The minimum Gasteiger partial charge on any atom is -0.550 e. The van der Waals surface area contributed by atoms with E-state index in [4.69, 9.17) is 5.11 Å². The van der Waals surface area contributed by atoms with Crippen molar-refractivity contribution < 1.29 is 29.4 Å². The Kier molecular flexibility index (Phi) is 13.2. The molecule has 24 heavy (non-hydrogen) atoms. The van der Waals surface area contributed by atoms with Gasteiger partial charge >= 0.3 is 5.97 Å². The Morgan fingerprint density at radius 3 is 2.12 bits per heavy atom. The van der Waals surface area contributed by atoms with Crippen LogP contribution >= 0.6 is 0 Å². The van der Waals surface area contributed by atoms with Gasteiger partial charge in [0.25, 0.3) is 0 Å². The summed E-state index contributed by atoms with van der Waals surface area (Å²) in [6.07, 6.45) is 9.51. The van der Waals surface area contributed by atoms with Crippen LogP contribution in [-0.4, -0.2) is 59.4 Å². The molecule has 0 amide bonds. The maximum absolute atomic E-state index is 10.8. The van der Waals surface area contributed by atoms with Crippen LogP contribution in [0.15, 0.2) is 12.2 Å². The lowest BCUT2D eigenvalue weighted by atomic mass is 10.1. The number of unbranched alkanes of at least 4 members (excludes halogenated alkanes) is 2. The molecule has 0 aliphatic heterocycles. The fourth-order valence-electron chi connectivity index (χ4n) is 3.00. The molecule has 0 heterocycles. The highest BCUT2D eigenvalue weighted by molar-refractivity contribution is 5.66. The number of carboxylic acids is 2. The highest BCUT2D eigenvalue weighted by Crippen LogP contribution is 2.15. The van der Waals surface area contributed by atoms with Gasteiger partial charge in [-0.2, -0.15) is 0 Å². The lowest BCUT2D eigenvalue weighted by Crippen LogP contribution is -2.52. The molecule has 1 atom stereocenters.